The molecular weight excluding hydrogens is 286 g/mol. The van der Waals surface area contributed by atoms with Crippen molar-refractivity contribution in [2.75, 3.05) is 7.11 Å². The summed E-state index contributed by atoms with van der Waals surface area (Å²) in [4.78, 5) is 22.4. The summed E-state index contributed by atoms with van der Waals surface area (Å²) in [6.07, 6.45) is 1.55. The topological polar surface area (TPSA) is 55.4 Å². The number of methoxy groups -OCH3 is 1. The SMILES string of the molecule is COC(=O)/C(=C\c1cccc(Br)c1)NC(C)=O. The van der Waals surface area contributed by atoms with Gasteiger partial charge in [0.2, 0.25) is 5.91 Å². The van der Waals surface area contributed by atoms with Crippen LogP contribution in [0.4, 0.5) is 0 Å². The number of esters is 1. The molecule has 0 saturated heterocycles. The Labute approximate surface area is 108 Å². The maximum absolute atomic E-state index is 11.4. The van der Waals surface area contributed by atoms with Crippen LogP contribution in [-0.4, -0.2) is 19.0 Å². The Hall–Kier alpha value is -1.62. The lowest BCUT2D eigenvalue weighted by Crippen LogP contribution is -2.25. The highest BCUT2D eigenvalue weighted by atomic mass is 79.9. The molecule has 90 valence electrons. The van der Waals surface area contributed by atoms with Crippen molar-refractivity contribution in [3.8, 4) is 0 Å². The number of halogens is 1. The Morgan fingerprint density at radius 3 is 2.65 bits per heavy atom. The summed E-state index contributed by atoms with van der Waals surface area (Å²) in [5, 5.41) is 2.43. The summed E-state index contributed by atoms with van der Waals surface area (Å²) in [6, 6.07) is 7.34. The van der Waals surface area contributed by atoms with Gasteiger partial charge in [0.05, 0.1) is 7.11 Å². The second-order valence-corrected chi connectivity index (χ2v) is 4.20. The second kappa shape index (κ2) is 6.20. The summed E-state index contributed by atoms with van der Waals surface area (Å²) in [5.74, 6) is -0.906. The van der Waals surface area contributed by atoms with E-state index in [0.29, 0.717) is 0 Å². The zero-order valence-corrected chi connectivity index (χ0v) is 11.1. The molecule has 0 saturated carbocycles. The monoisotopic (exact) mass is 297 g/mol. The summed E-state index contributed by atoms with van der Waals surface area (Å²) in [7, 11) is 1.26. The third-order valence-corrected chi connectivity index (χ3v) is 2.37. The number of amides is 1. The molecule has 0 radical (unpaired) electrons. The Morgan fingerprint density at radius 1 is 1.41 bits per heavy atom. The lowest BCUT2D eigenvalue weighted by Gasteiger charge is -2.06. The van der Waals surface area contributed by atoms with Crippen LogP contribution < -0.4 is 5.32 Å². The lowest BCUT2D eigenvalue weighted by atomic mass is 10.2. The summed E-state index contributed by atoms with van der Waals surface area (Å²) in [6.45, 7) is 1.33. The van der Waals surface area contributed by atoms with Crippen molar-refractivity contribution >= 4 is 33.9 Å². The van der Waals surface area contributed by atoms with E-state index in [1.54, 1.807) is 6.08 Å². The van der Waals surface area contributed by atoms with Crippen LogP contribution in [-0.2, 0) is 14.3 Å². The minimum Gasteiger partial charge on any atom is -0.464 e. The number of carbonyl (C=O) groups is 2. The Morgan fingerprint density at radius 2 is 2.12 bits per heavy atom. The molecule has 0 heterocycles. The number of ether oxygens (including phenoxy) is 1. The summed E-state index contributed by atoms with van der Waals surface area (Å²) >= 11 is 3.32. The van der Waals surface area contributed by atoms with Crippen LogP contribution in [0.15, 0.2) is 34.4 Å². The largest absolute Gasteiger partial charge is 0.464 e. The maximum atomic E-state index is 11.4. The van der Waals surface area contributed by atoms with Gasteiger partial charge in [-0.25, -0.2) is 4.79 Å². The number of hydrogen-bond acceptors (Lipinski definition) is 3. The highest BCUT2D eigenvalue weighted by Gasteiger charge is 2.10. The molecule has 1 amide bonds. The van der Waals surface area contributed by atoms with E-state index in [9.17, 15) is 9.59 Å². The normalized spacial score (nSPS) is 10.9. The fourth-order valence-corrected chi connectivity index (χ4v) is 1.63. The lowest BCUT2D eigenvalue weighted by molar-refractivity contribution is -0.137. The summed E-state index contributed by atoms with van der Waals surface area (Å²) in [5.41, 5.74) is 0.895. The van der Waals surface area contributed by atoms with Gasteiger partial charge in [0.25, 0.3) is 0 Å². The van der Waals surface area contributed by atoms with E-state index < -0.39 is 5.97 Å². The Kier molecular flexibility index (Phi) is 4.90. The van der Waals surface area contributed by atoms with Gasteiger partial charge in [-0.15, -0.1) is 0 Å². The zero-order valence-electron chi connectivity index (χ0n) is 9.49. The van der Waals surface area contributed by atoms with Gasteiger partial charge in [-0.05, 0) is 23.8 Å². The first-order valence-electron chi connectivity index (χ1n) is 4.86. The van der Waals surface area contributed by atoms with Crippen molar-refractivity contribution in [3.63, 3.8) is 0 Å². The smallest absolute Gasteiger partial charge is 0.354 e. The molecule has 0 aromatic heterocycles. The molecule has 0 aliphatic carbocycles. The van der Waals surface area contributed by atoms with E-state index in [2.05, 4.69) is 26.0 Å². The van der Waals surface area contributed by atoms with Crippen LogP contribution in [0.5, 0.6) is 0 Å². The zero-order chi connectivity index (χ0) is 12.8. The van der Waals surface area contributed by atoms with E-state index >= 15 is 0 Å². The van der Waals surface area contributed by atoms with Gasteiger partial charge in [-0.2, -0.15) is 0 Å². The standard InChI is InChI=1S/C12H12BrNO3/c1-8(15)14-11(12(16)17-2)7-9-4-3-5-10(13)6-9/h3-7H,1-2H3,(H,14,15)/b11-7+. The van der Waals surface area contributed by atoms with Gasteiger partial charge in [-0.3, -0.25) is 4.79 Å². The first kappa shape index (κ1) is 13.4. The fraction of sp³-hybridized carbons (Fsp3) is 0.167. The van der Waals surface area contributed by atoms with Gasteiger partial charge in [0.15, 0.2) is 0 Å². The van der Waals surface area contributed by atoms with Crippen LogP contribution in [0, 0.1) is 0 Å². The van der Waals surface area contributed by atoms with Crippen molar-refractivity contribution in [3.05, 3.63) is 40.0 Å². The van der Waals surface area contributed by atoms with Crippen molar-refractivity contribution in [1.82, 2.24) is 5.32 Å². The van der Waals surface area contributed by atoms with E-state index in [-0.39, 0.29) is 11.6 Å². The molecule has 1 rings (SSSR count). The molecule has 1 aromatic carbocycles. The van der Waals surface area contributed by atoms with Crippen LogP contribution in [0.1, 0.15) is 12.5 Å². The fourth-order valence-electron chi connectivity index (χ4n) is 1.21. The van der Waals surface area contributed by atoms with E-state index in [1.165, 1.54) is 14.0 Å². The van der Waals surface area contributed by atoms with Gasteiger partial charge >= 0.3 is 5.97 Å². The maximum Gasteiger partial charge on any atom is 0.354 e. The molecule has 4 nitrogen and oxygen atoms in total. The second-order valence-electron chi connectivity index (χ2n) is 3.29. The predicted octanol–water partition coefficient (Wildman–Crippen LogP) is 2.10. The van der Waals surface area contributed by atoms with Gasteiger partial charge in [0.1, 0.15) is 5.70 Å². The van der Waals surface area contributed by atoms with Crippen LogP contribution in [0.25, 0.3) is 6.08 Å². The molecule has 0 bridgehead atoms. The van der Waals surface area contributed by atoms with Crippen LogP contribution >= 0.6 is 15.9 Å². The number of benzene rings is 1. The first-order valence-corrected chi connectivity index (χ1v) is 5.65. The molecule has 0 aliphatic rings. The highest BCUT2D eigenvalue weighted by molar-refractivity contribution is 9.10. The number of hydrogen-bond donors (Lipinski definition) is 1. The molecular formula is C12H12BrNO3. The average molecular weight is 298 g/mol. The van der Waals surface area contributed by atoms with Crippen molar-refractivity contribution < 1.29 is 14.3 Å². The van der Waals surface area contributed by atoms with Crippen molar-refractivity contribution in [2.45, 2.75) is 6.92 Å². The molecule has 0 aliphatic heterocycles. The van der Waals surface area contributed by atoms with Crippen molar-refractivity contribution in [1.29, 1.82) is 0 Å². The molecule has 0 spiro atoms. The molecule has 0 fully saturated rings. The van der Waals surface area contributed by atoms with Gasteiger partial charge in [0, 0.05) is 11.4 Å². The quantitative estimate of drug-likeness (QED) is 0.687. The predicted molar refractivity (Wildman–Crippen MR) is 68.0 cm³/mol. The Bertz CT molecular complexity index is 469. The molecule has 1 aromatic rings. The van der Waals surface area contributed by atoms with Crippen molar-refractivity contribution in [2.24, 2.45) is 0 Å². The average Bonchev–Trinajstić information content (AvgIpc) is 2.26. The molecule has 17 heavy (non-hydrogen) atoms. The molecule has 0 unspecified atom stereocenters. The number of carbonyl (C=O) groups excluding carboxylic acids is 2. The van der Waals surface area contributed by atoms with Crippen LogP contribution in [0.3, 0.4) is 0 Å². The number of nitrogens with one attached hydrogen (secondary N) is 1. The minimum atomic E-state index is -0.583. The van der Waals surface area contributed by atoms with Gasteiger partial charge < -0.3 is 10.1 Å². The van der Waals surface area contributed by atoms with E-state index in [1.807, 2.05) is 24.3 Å². The molecule has 1 N–H and O–H groups in total. The van der Waals surface area contributed by atoms with Crippen LogP contribution in [0.2, 0.25) is 0 Å². The molecule has 0 atom stereocenters. The summed E-state index contributed by atoms with van der Waals surface area (Å²) < 4.78 is 5.47. The minimum absolute atomic E-state index is 0.109. The van der Waals surface area contributed by atoms with E-state index in [4.69, 9.17) is 0 Å². The first-order chi connectivity index (χ1) is 8.02. The number of rotatable bonds is 3. The van der Waals surface area contributed by atoms with Gasteiger partial charge in [-0.1, -0.05) is 28.1 Å². The molecule has 5 heteroatoms. The highest BCUT2D eigenvalue weighted by Crippen LogP contribution is 2.14. The third kappa shape index (κ3) is 4.40. The Balaban J connectivity index is 3.04. The van der Waals surface area contributed by atoms with E-state index in [0.717, 1.165) is 10.0 Å². The third-order valence-electron chi connectivity index (χ3n) is 1.88.